The van der Waals surface area contributed by atoms with Crippen molar-refractivity contribution < 1.29 is 9.53 Å². The Morgan fingerprint density at radius 1 is 1.36 bits per heavy atom. The van der Waals surface area contributed by atoms with E-state index in [4.69, 9.17) is 4.74 Å². The van der Waals surface area contributed by atoms with Crippen LogP contribution in [0.3, 0.4) is 0 Å². The van der Waals surface area contributed by atoms with Gasteiger partial charge in [0.05, 0.1) is 11.4 Å². The van der Waals surface area contributed by atoms with Gasteiger partial charge in [-0.25, -0.2) is 0 Å². The number of halogens is 1. The van der Waals surface area contributed by atoms with Gasteiger partial charge in [-0.05, 0) is 19.3 Å². The number of amides is 1. The van der Waals surface area contributed by atoms with E-state index >= 15 is 0 Å². The molecular formula is C10H20BrNO2. The van der Waals surface area contributed by atoms with Crippen LogP contribution in [0, 0.1) is 5.92 Å². The van der Waals surface area contributed by atoms with Gasteiger partial charge in [-0.3, -0.25) is 4.79 Å². The van der Waals surface area contributed by atoms with Crippen LogP contribution in [0.5, 0.6) is 0 Å². The van der Waals surface area contributed by atoms with E-state index in [1.54, 1.807) is 6.92 Å². The van der Waals surface area contributed by atoms with Crippen molar-refractivity contribution in [3.8, 4) is 0 Å². The Kier molecular flexibility index (Phi) is 8.18. The molecule has 0 saturated carbocycles. The van der Waals surface area contributed by atoms with Gasteiger partial charge in [0, 0.05) is 13.2 Å². The lowest BCUT2D eigenvalue weighted by Crippen LogP contribution is -2.32. The first-order chi connectivity index (χ1) is 6.54. The van der Waals surface area contributed by atoms with E-state index in [-0.39, 0.29) is 10.7 Å². The fourth-order valence-corrected chi connectivity index (χ4v) is 0.970. The first kappa shape index (κ1) is 13.9. The molecule has 3 nitrogen and oxygen atoms in total. The van der Waals surface area contributed by atoms with Crippen molar-refractivity contribution in [2.24, 2.45) is 5.92 Å². The molecule has 0 aliphatic carbocycles. The lowest BCUT2D eigenvalue weighted by atomic mass is 10.1. The van der Waals surface area contributed by atoms with E-state index in [2.05, 4.69) is 35.1 Å². The third kappa shape index (κ3) is 8.51. The molecule has 0 bridgehead atoms. The normalized spacial score (nSPS) is 12.9. The molecule has 0 fully saturated rings. The average molecular weight is 266 g/mol. The lowest BCUT2D eigenvalue weighted by Gasteiger charge is -2.08. The summed E-state index contributed by atoms with van der Waals surface area (Å²) >= 11 is 3.19. The molecule has 0 heterocycles. The smallest absolute Gasteiger partial charge is 0.233 e. The minimum atomic E-state index is -0.127. The van der Waals surface area contributed by atoms with E-state index in [1.807, 2.05) is 0 Å². The highest BCUT2D eigenvalue weighted by atomic mass is 79.9. The molecule has 1 N–H and O–H groups in total. The summed E-state index contributed by atoms with van der Waals surface area (Å²) in [6.45, 7) is 8.09. The van der Waals surface area contributed by atoms with Gasteiger partial charge >= 0.3 is 0 Å². The summed E-state index contributed by atoms with van der Waals surface area (Å²) in [7, 11) is 0. The molecule has 1 atom stereocenters. The van der Waals surface area contributed by atoms with Crippen LogP contribution in [-0.2, 0) is 9.53 Å². The van der Waals surface area contributed by atoms with E-state index in [9.17, 15) is 4.79 Å². The molecule has 0 aromatic heterocycles. The predicted octanol–water partition coefficient (Wildman–Crippen LogP) is 1.95. The van der Waals surface area contributed by atoms with Crippen LogP contribution in [0.1, 0.15) is 27.2 Å². The standard InChI is InChI=1S/C10H20BrNO2/c1-8(2)4-6-14-7-5-12-10(13)9(3)11/h8-9H,4-7H2,1-3H3,(H,12,13). The van der Waals surface area contributed by atoms with Crippen molar-refractivity contribution in [3.05, 3.63) is 0 Å². The Bertz CT molecular complexity index is 160. The van der Waals surface area contributed by atoms with E-state index < -0.39 is 0 Å². The van der Waals surface area contributed by atoms with Gasteiger partial charge in [0.25, 0.3) is 0 Å². The average Bonchev–Trinajstić information content (AvgIpc) is 2.09. The summed E-state index contributed by atoms with van der Waals surface area (Å²) in [6.07, 6.45) is 1.07. The highest BCUT2D eigenvalue weighted by Gasteiger charge is 2.06. The number of hydrogen-bond donors (Lipinski definition) is 1. The fraction of sp³-hybridized carbons (Fsp3) is 0.900. The zero-order chi connectivity index (χ0) is 11.0. The molecule has 0 spiro atoms. The topological polar surface area (TPSA) is 38.3 Å². The second-order valence-corrected chi connectivity index (χ2v) is 5.08. The number of rotatable bonds is 7. The van der Waals surface area contributed by atoms with Crippen molar-refractivity contribution in [3.63, 3.8) is 0 Å². The van der Waals surface area contributed by atoms with Crippen LogP contribution in [0.15, 0.2) is 0 Å². The van der Waals surface area contributed by atoms with Crippen LogP contribution in [0.25, 0.3) is 0 Å². The molecule has 14 heavy (non-hydrogen) atoms. The zero-order valence-corrected chi connectivity index (χ0v) is 10.8. The summed E-state index contributed by atoms with van der Waals surface area (Å²) in [5.74, 6) is 0.685. The number of carbonyl (C=O) groups is 1. The van der Waals surface area contributed by atoms with Gasteiger partial charge in [-0.2, -0.15) is 0 Å². The molecule has 1 amide bonds. The molecule has 0 aromatic rings. The van der Waals surface area contributed by atoms with E-state index in [0.29, 0.717) is 19.1 Å². The molecule has 1 unspecified atom stereocenters. The van der Waals surface area contributed by atoms with Crippen molar-refractivity contribution in [1.29, 1.82) is 0 Å². The first-order valence-electron chi connectivity index (χ1n) is 5.03. The van der Waals surface area contributed by atoms with Gasteiger partial charge in [0.15, 0.2) is 0 Å². The SMILES string of the molecule is CC(C)CCOCCNC(=O)C(C)Br. The summed E-state index contributed by atoms with van der Waals surface area (Å²) in [5, 5.41) is 2.76. The van der Waals surface area contributed by atoms with Crippen molar-refractivity contribution in [2.45, 2.75) is 32.0 Å². The summed E-state index contributed by atoms with van der Waals surface area (Å²) < 4.78 is 5.34. The Hall–Kier alpha value is -0.0900. The predicted molar refractivity (Wildman–Crippen MR) is 61.7 cm³/mol. The molecule has 0 aromatic carbocycles. The van der Waals surface area contributed by atoms with Crippen molar-refractivity contribution in [1.82, 2.24) is 5.32 Å². The number of nitrogens with one attached hydrogen (secondary N) is 1. The highest BCUT2D eigenvalue weighted by molar-refractivity contribution is 9.10. The summed E-state index contributed by atoms with van der Waals surface area (Å²) in [5.41, 5.74) is 0. The lowest BCUT2D eigenvalue weighted by molar-refractivity contribution is -0.120. The molecular weight excluding hydrogens is 246 g/mol. The monoisotopic (exact) mass is 265 g/mol. The summed E-state index contributed by atoms with van der Waals surface area (Å²) in [4.78, 5) is 10.9. The summed E-state index contributed by atoms with van der Waals surface area (Å²) in [6, 6.07) is 0. The molecule has 84 valence electrons. The van der Waals surface area contributed by atoms with Crippen LogP contribution < -0.4 is 5.32 Å². The van der Waals surface area contributed by atoms with Crippen LogP contribution in [0.2, 0.25) is 0 Å². The number of carbonyl (C=O) groups excluding carboxylic acids is 1. The maximum atomic E-state index is 11.1. The third-order valence-corrected chi connectivity index (χ3v) is 2.16. The Balaban J connectivity index is 3.18. The van der Waals surface area contributed by atoms with Gasteiger partial charge in [-0.1, -0.05) is 29.8 Å². The van der Waals surface area contributed by atoms with Crippen LogP contribution in [-0.4, -0.2) is 30.5 Å². The Labute approximate surface area is 94.7 Å². The highest BCUT2D eigenvalue weighted by Crippen LogP contribution is 1.98. The second-order valence-electron chi connectivity index (χ2n) is 3.70. The first-order valence-corrected chi connectivity index (χ1v) is 5.95. The van der Waals surface area contributed by atoms with Crippen molar-refractivity contribution >= 4 is 21.8 Å². The van der Waals surface area contributed by atoms with Gasteiger partial charge in [0.2, 0.25) is 5.91 Å². The molecule has 0 aliphatic rings. The molecule has 0 saturated heterocycles. The third-order valence-electron chi connectivity index (χ3n) is 1.75. The molecule has 4 heteroatoms. The largest absolute Gasteiger partial charge is 0.380 e. The second kappa shape index (κ2) is 8.24. The van der Waals surface area contributed by atoms with Crippen LogP contribution in [0.4, 0.5) is 0 Å². The number of hydrogen-bond acceptors (Lipinski definition) is 2. The zero-order valence-electron chi connectivity index (χ0n) is 9.18. The van der Waals surface area contributed by atoms with Crippen LogP contribution >= 0.6 is 15.9 Å². The van der Waals surface area contributed by atoms with E-state index in [1.165, 1.54) is 0 Å². The van der Waals surface area contributed by atoms with Crippen molar-refractivity contribution in [2.75, 3.05) is 19.8 Å². The molecule has 0 aliphatic heterocycles. The fourth-order valence-electron chi connectivity index (χ4n) is 0.808. The number of ether oxygens (including phenoxy) is 1. The number of alkyl halides is 1. The van der Waals surface area contributed by atoms with E-state index in [0.717, 1.165) is 13.0 Å². The molecule has 0 rings (SSSR count). The minimum Gasteiger partial charge on any atom is -0.380 e. The van der Waals surface area contributed by atoms with Gasteiger partial charge < -0.3 is 10.1 Å². The molecule has 0 radical (unpaired) electrons. The minimum absolute atomic E-state index is 0.0115. The maximum absolute atomic E-state index is 11.1. The quantitative estimate of drug-likeness (QED) is 0.565. The Morgan fingerprint density at radius 2 is 2.00 bits per heavy atom. The Morgan fingerprint density at radius 3 is 2.50 bits per heavy atom. The van der Waals surface area contributed by atoms with Gasteiger partial charge in [0.1, 0.15) is 0 Å². The maximum Gasteiger partial charge on any atom is 0.233 e. The van der Waals surface area contributed by atoms with Gasteiger partial charge in [-0.15, -0.1) is 0 Å².